The number of hydrogen-bond acceptors (Lipinski definition) is 5. The molecule has 0 atom stereocenters. The van der Waals surface area contributed by atoms with Crippen molar-refractivity contribution in [3.63, 3.8) is 0 Å². The van der Waals surface area contributed by atoms with Gasteiger partial charge in [0.25, 0.3) is 5.91 Å². The molecule has 7 heteroatoms. The largest absolute Gasteiger partial charge is 0.481 e. The van der Waals surface area contributed by atoms with Gasteiger partial charge >= 0.3 is 0 Å². The SMILES string of the molecule is COc1ccc(CNC(=O)c2ccc3c(c2)NC(=O)CS3)cn1. The van der Waals surface area contributed by atoms with E-state index in [9.17, 15) is 9.59 Å². The number of nitrogens with one attached hydrogen (secondary N) is 2. The van der Waals surface area contributed by atoms with Crippen molar-refractivity contribution in [2.24, 2.45) is 0 Å². The van der Waals surface area contributed by atoms with Crippen LogP contribution in [0, 0.1) is 0 Å². The zero-order valence-corrected chi connectivity index (χ0v) is 13.3. The van der Waals surface area contributed by atoms with Crippen LogP contribution in [0.2, 0.25) is 0 Å². The summed E-state index contributed by atoms with van der Waals surface area (Å²) in [7, 11) is 1.55. The molecule has 0 radical (unpaired) electrons. The highest BCUT2D eigenvalue weighted by molar-refractivity contribution is 8.00. The maximum absolute atomic E-state index is 12.2. The minimum absolute atomic E-state index is 0.0515. The lowest BCUT2D eigenvalue weighted by molar-refractivity contribution is -0.113. The fourth-order valence-electron chi connectivity index (χ4n) is 2.15. The van der Waals surface area contributed by atoms with Crippen LogP contribution in [0.3, 0.4) is 0 Å². The van der Waals surface area contributed by atoms with E-state index in [0.717, 1.165) is 10.5 Å². The lowest BCUT2D eigenvalue weighted by Crippen LogP contribution is -2.24. The van der Waals surface area contributed by atoms with Gasteiger partial charge in [0.2, 0.25) is 11.8 Å². The maximum atomic E-state index is 12.2. The van der Waals surface area contributed by atoms with Crippen LogP contribution >= 0.6 is 11.8 Å². The van der Waals surface area contributed by atoms with Crippen molar-refractivity contribution in [3.05, 3.63) is 47.7 Å². The summed E-state index contributed by atoms with van der Waals surface area (Å²) in [5.74, 6) is 0.684. The molecule has 6 nitrogen and oxygen atoms in total. The van der Waals surface area contributed by atoms with Crippen molar-refractivity contribution in [1.29, 1.82) is 0 Å². The minimum Gasteiger partial charge on any atom is -0.481 e. The van der Waals surface area contributed by atoms with Crippen molar-refractivity contribution in [3.8, 4) is 5.88 Å². The monoisotopic (exact) mass is 329 g/mol. The number of thioether (sulfide) groups is 1. The number of hydrogen-bond donors (Lipinski definition) is 2. The predicted octanol–water partition coefficient (Wildman–Crippen LogP) is 2.06. The summed E-state index contributed by atoms with van der Waals surface area (Å²) >= 11 is 1.47. The predicted molar refractivity (Wildman–Crippen MR) is 87.8 cm³/mol. The molecule has 1 aliphatic heterocycles. The third-order valence-electron chi connectivity index (χ3n) is 3.33. The van der Waals surface area contributed by atoms with Crippen LogP contribution in [0.25, 0.3) is 0 Å². The van der Waals surface area contributed by atoms with Crippen molar-refractivity contribution < 1.29 is 14.3 Å². The third kappa shape index (κ3) is 3.62. The number of anilines is 1. The van der Waals surface area contributed by atoms with Crippen LogP contribution in [-0.4, -0.2) is 29.7 Å². The number of nitrogens with zero attached hydrogens (tertiary/aromatic N) is 1. The van der Waals surface area contributed by atoms with Gasteiger partial charge < -0.3 is 15.4 Å². The lowest BCUT2D eigenvalue weighted by Gasteiger charge is -2.17. The molecule has 2 amide bonds. The number of fused-ring (bicyclic) bond motifs is 1. The number of carbonyl (C=O) groups is 2. The van der Waals surface area contributed by atoms with Gasteiger partial charge in [-0.05, 0) is 23.8 Å². The molecule has 23 heavy (non-hydrogen) atoms. The maximum Gasteiger partial charge on any atom is 0.251 e. The molecule has 0 saturated heterocycles. The summed E-state index contributed by atoms with van der Waals surface area (Å²) in [6.45, 7) is 0.369. The second kappa shape index (κ2) is 6.70. The van der Waals surface area contributed by atoms with Gasteiger partial charge in [-0.15, -0.1) is 11.8 Å². The van der Waals surface area contributed by atoms with Gasteiger partial charge in [-0.3, -0.25) is 9.59 Å². The molecule has 1 aromatic heterocycles. The second-order valence-corrected chi connectivity index (χ2v) is 5.96. The topological polar surface area (TPSA) is 80.3 Å². The summed E-state index contributed by atoms with van der Waals surface area (Å²) in [6.07, 6.45) is 1.66. The molecule has 3 rings (SSSR count). The molecule has 118 valence electrons. The number of ether oxygens (including phenoxy) is 1. The molecular weight excluding hydrogens is 314 g/mol. The van der Waals surface area contributed by atoms with E-state index in [1.54, 1.807) is 31.5 Å². The van der Waals surface area contributed by atoms with Gasteiger partial charge in [-0.1, -0.05) is 6.07 Å². The Labute approximate surface area is 137 Å². The molecule has 1 aliphatic rings. The molecule has 2 aromatic rings. The first-order chi connectivity index (χ1) is 11.2. The molecule has 0 aliphatic carbocycles. The second-order valence-electron chi connectivity index (χ2n) is 4.94. The molecule has 0 unspecified atom stereocenters. The molecule has 0 bridgehead atoms. The molecule has 0 fully saturated rings. The molecule has 2 N–H and O–H groups in total. The van der Waals surface area contributed by atoms with E-state index in [4.69, 9.17) is 4.74 Å². The van der Waals surface area contributed by atoms with E-state index >= 15 is 0 Å². The zero-order chi connectivity index (χ0) is 16.2. The quantitative estimate of drug-likeness (QED) is 0.897. The van der Waals surface area contributed by atoms with E-state index in [0.29, 0.717) is 29.4 Å². The molecule has 1 aromatic carbocycles. The third-order valence-corrected chi connectivity index (χ3v) is 4.41. The van der Waals surface area contributed by atoms with E-state index in [-0.39, 0.29) is 11.8 Å². The Kier molecular flexibility index (Phi) is 4.47. The van der Waals surface area contributed by atoms with Gasteiger partial charge in [0.05, 0.1) is 18.6 Å². The van der Waals surface area contributed by atoms with Crippen molar-refractivity contribution >= 4 is 29.3 Å². The minimum atomic E-state index is -0.201. The highest BCUT2D eigenvalue weighted by atomic mass is 32.2. The molecule has 0 saturated carbocycles. The Morgan fingerprint density at radius 3 is 3.00 bits per heavy atom. The first-order valence-corrected chi connectivity index (χ1v) is 7.98. The van der Waals surface area contributed by atoms with E-state index in [1.165, 1.54) is 11.8 Å². The Hall–Kier alpha value is -2.54. The highest BCUT2D eigenvalue weighted by Gasteiger charge is 2.17. The van der Waals surface area contributed by atoms with Crippen LogP contribution in [0.5, 0.6) is 5.88 Å². The summed E-state index contributed by atoms with van der Waals surface area (Å²) in [6, 6.07) is 8.89. The smallest absolute Gasteiger partial charge is 0.251 e. The Bertz CT molecular complexity index is 747. The average Bonchev–Trinajstić information content (AvgIpc) is 2.59. The number of amides is 2. The van der Waals surface area contributed by atoms with Crippen LogP contribution in [0.15, 0.2) is 41.4 Å². The average molecular weight is 329 g/mol. The standard InChI is InChI=1S/C16H15N3O3S/c1-22-15-5-2-10(7-17-15)8-18-16(21)11-3-4-13-12(6-11)19-14(20)9-23-13/h2-7H,8-9H2,1H3,(H,18,21)(H,19,20). The van der Waals surface area contributed by atoms with Crippen LogP contribution < -0.4 is 15.4 Å². The van der Waals surface area contributed by atoms with Gasteiger partial charge in [0.1, 0.15) is 0 Å². The van der Waals surface area contributed by atoms with Crippen molar-refractivity contribution in [2.45, 2.75) is 11.4 Å². The van der Waals surface area contributed by atoms with E-state index in [2.05, 4.69) is 15.6 Å². The summed E-state index contributed by atoms with van der Waals surface area (Å²) < 4.78 is 4.99. The summed E-state index contributed by atoms with van der Waals surface area (Å²) in [5, 5.41) is 5.61. The Morgan fingerprint density at radius 1 is 1.39 bits per heavy atom. The fraction of sp³-hybridized carbons (Fsp3) is 0.188. The van der Waals surface area contributed by atoms with E-state index < -0.39 is 0 Å². The summed E-state index contributed by atoms with van der Waals surface area (Å²) in [4.78, 5) is 28.7. The number of rotatable bonds is 4. The zero-order valence-electron chi connectivity index (χ0n) is 12.5. The molecule has 0 spiro atoms. The van der Waals surface area contributed by atoms with Gasteiger partial charge in [0, 0.05) is 29.3 Å². The Balaban J connectivity index is 1.66. The first-order valence-electron chi connectivity index (χ1n) is 6.99. The van der Waals surface area contributed by atoms with Crippen molar-refractivity contribution in [2.75, 3.05) is 18.2 Å². The van der Waals surface area contributed by atoms with Gasteiger partial charge in [-0.2, -0.15) is 0 Å². The number of carbonyl (C=O) groups excluding carboxylic acids is 2. The van der Waals surface area contributed by atoms with Gasteiger partial charge in [0.15, 0.2) is 0 Å². The number of methoxy groups -OCH3 is 1. The van der Waals surface area contributed by atoms with Crippen molar-refractivity contribution in [1.82, 2.24) is 10.3 Å². The Morgan fingerprint density at radius 2 is 2.26 bits per heavy atom. The van der Waals surface area contributed by atoms with E-state index in [1.807, 2.05) is 12.1 Å². The number of pyridine rings is 1. The normalized spacial score (nSPS) is 13.0. The fourth-order valence-corrected chi connectivity index (χ4v) is 2.93. The van der Waals surface area contributed by atoms with Gasteiger partial charge in [-0.25, -0.2) is 4.98 Å². The number of benzene rings is 1. The summed E-state index contributed by atoms with van der Waals surface area (Å²) in [5.41, 5.74) is 2.07. The highest BCUT2D eigenvalue weighted by Crippen LogP contribution is 2.31. The first kappa shape index (κ1) is 15.4. The lowest BCUT2D eigenvalue weighted by atomic mass is 10.1. The number of aromatic nitrogens is 1. The van der Waals surface area contributed by atoms with Crippen LogP contribution in [0.4, 0.5) is 5.69 Å². The molecular formula is C16H15N3O3S. The van der Waals surface area contributed by atoms with Crippen LogP contribution in [-0.2, 0) is 11.3 Å². The molecule has 2 heterocycles. The van der Waals surface area contributed by atoms with Crippen LogP contribution in [0.1, 0.15) is 15.9 Å².